The lowest BCUT2D eigenvalue weighted by Gasteiger charge is -2.34. The van der Waals surface area contributed by atoms with Crippen molar-refractivity contribution >= 4 is 40.9 Å². The molecular formula is C20H23ClN4O4. The molecule has 2 saturated heterocycles. The van der Waals surface area contributed by atoms with Crippen LogP contribution in [-0.4, -0.2) is 40.1 Å². The zero-order valence-corrected chi connectivity index (χ0v) is 17.4. The van der Waals surface area contributed by atoms with E-state index in [1.165, 1.54) is 4.90 Å². The molecule has 3 aliphatic rings. The van der Waals surface area contributed by atoms with Crippen LogP contribution in [0, 0.1) is 18.8 Å². The number of nitrogens with two attached hydrogens (primary N) is 1. The summed E-state index contributed by atoms with van der Waals surface area (Å²) in [4.78, 5) is 53.0. The van der Waals surface area contributed by atoms with E-state index < -0.39 is 52.6 Å². The van der Waals surface area contributed by atoms with E-state index in [-0.39, 0.29) is 6.42 Å². The molecule has 4 atom stereocenters. The van der Waals surface area contributed by atoms with E-state index in [4.69, 9.17) is 17.3 Å². The predicted molar refractivity (Wildman–Crippen MR) is 106 cm³/mol. The van der Waals surface area contributed by atoms with Gasteiger partial charge in [-0.05, 0) is 39.3 Å². The number of hydrogen-bond acceptors (Lipinski definition) is 5. The quantitative estimate of drug-likeness (QED) is 0.619. The molecule has 1 aromatic carbocycles. The summed E-state index contributed by atoms with van der Waals surface area (Å²) in [7, 11) is 0. The van der Waals surface area contributed by atoms with Crippen molar-refractivity contribution in [2.45, 2.75) is 51.2 Å². The Balaban J connectivity index is 1.94. The van der Waals surface area contributed by atoms with Crippen LogP contribution in [-0.2, 0) is 24.7 Å². The lowest BCUT2D eigenvalue weighted by Crippen LogP contribution is -2.56. The van der Waals surface area contributed by atoms with Crippen molar-refractivity contribution < 1.29 is 19.2 Å². The molecule has 154 valence electrons. The van der Waals surface area contributed by atoms with E-state index >= 15 is 0 Å². The van der Waals surface area contributed by atoms with Gasteiger partial charge in [-0.2, -0.15) is 0 Å². The number of amides is 4. The van der Waals surface area contributed by atoms with Gasteiger partial charge in [0.2, 0.25) is 23.6 Å². The highest BCUT2D eigenvalue weighted by molar-refractivity contribution is 6.32. The van der Waals surface area contributed by atoms with Crippen LogP contribution in [0.3, 0.4) is 0 Å². The second-order valence-corrected chi connectivity index (χ2v) is 9.37. The smallest absolute Gasteiger partial charge is 0.250 e. The molecule has 4 rings (SSSR count). The van der Waals surface area contributed by atoms with Crippen LogP contribution in [0.5, 0.6) is 0 Å². The fourth-order valence-electron chi connectivity index (χ4n) is 5.04. The lowest BCUT2D eigenvalue weighted by molar-refractivity contribution is -0.147. The first-order valence-electron chi connectivity index (χ1n) is 9.46. The van der Waals surface area contributed by atoms with E-state index in [1.807, 2.05) is 0 Å². The van der Waals surface area contributed by atoms with Crippen LogP contribution < -0.4 is 16.4 Å². The van der Waals surface area contributed by atoms with Gasteiger partial charge in [-0.15, -0.1) is 0 Å². The van der Waals surface area contributed by atoms with Crippen LogP contribution >= 0.6 is 11.6 Å². The number of nitrogens with zero attached hydrogens (tertiary/aromatic N) is 1. The van der Waals surface area contributed by atoms with Crippen LogP contribution in [0.2, 0.25) is 5.02 Å². The van der Waals surface area contributed by atoms with Gasteiger partial charge in [0, 0.05) is 28.6 Å². The first kappa shape index (κ1) is 19.8. The molecular weight excluding hydrogens is 396 g/mol. The molecule has 0 saturated carbocycles. The summed E-state index contributed by atoms with van der Waals surface area (Å²) in [6.07, 6.45) is -0.158. The number of nitrogens with one attached hydrogen (secondary N) is 2. The van der Waals surface area contributed by atoms with Gasteiger partial charge in [0.1, 0.15) is 5.54 Å². The Labute approximate surface area is 173 Å². The SMILES string of the molecule is Cc1c(Cl)ccc2c1NC(=O)C21NC(CC(N)=O)C2C(=O)N(C(C)(C)C)C(=O)C21. The second kappa shape index (κ2) is 6.03. The Kier molecular flexibility index (Phi) is 4.12. The fraction of sp³-hybridized carbons (Fsp3) is 0.500. The molecule has 29 heavy (non-hydrogen) atoms. The summed E-state index contributed by atoms with van der Waals surface area (Å²) in [6.45, 7) is 7.07. The van der Waals surface area contributed by atoms with Gasteiger partial charge in [-0.3, -0.25) is 29.4 Å². The van der Waals surface area contributed by atoms with Gasteiger partial charge < -0.3 is 11.1 Å². The Morgan fingerprint density at radius 3 is 2.48 bits per heavy atom. The summed E-state index contributed by atoms with van der Waals surface area (Å²) >= 11 is 6.22. The highest BCUT2D eigenvalue weighted by Gasteiger charge is 2.71. The van der Waals surface area contributed by atoms with Crippen molar-refractivity contribution in [2.75, 3.05) is 5.32 Å². The van der Waals surface area contributed by atoms with E-state index in [2.05, 4.69) is 10.6 Å². The Morgan fingerprint density at radius 2 is 1.90 bits per heavy atom. The maximum absolute atomic E-state index is 13.5. The summed E-state index contributed by atoms with van der Waals surface area (Å²) in [5, 5.41) is 6.47. The van der Waals surface area contributed by atoms with Crippen LogP contribution in [0.4, 0.5) is 5.69 Å². The average Bonchev–Trinajstić information content (AvgIpc) is 3.16. The molecule has 3 heterocycles. The number of carbonyl (C=O) groups excluding carboxylic acids is 4. The van der Waals surface area contributed by atoms with Gasteiger partial charge >= 0.3 is 0 Å². The molecule has 3 aliphatic heterocycles. The van der Waals surface area contributed by atoms with Crippen molar-refractivity contribution in [3.05, 3.63) is 28.3 Å². The molecule has 8 nitrogen and oxygen atoms in total. The summed E-state index contributed by atoms with van der Waals surface area (Å²) in [6, 6.07) is 2.63. The predicted octanol–water partition coefficient (Wildman–Crippen LogP) is 1.04. The Bertz CT molecular complexity index is 985. The normalized spacial score (nSPS) is 30.7. The van der Waals surface area contributed by atoms with Crippen molar-refractivity contribution in [1.82, 2.24) is 10.2 Å². The zero-order valence-electron chi connectivity index (χ0n) is 16.6. The van der Waals surface area contributed by atoms with Gasteiger partial charge in [-0.25, -0.2) is 0 Å². The molecule has 4 amide bonds. The van der Waals surface area contributed by atoms with Gasteiger partial charge in [-0.1, -0.05) is 17.7 Å². The molecule has 0 aliphatic carbocycles. The topological polar surface area (TPSA) is 122 Å². The van der Waals surface area contributed by atoms with Crippen LogP contribution in [0.15, 0.2) is 12.1 Å². The van der Waals surface area contributed by atoms with Crippen molar-refractivity contribution in [2.24, 2.45) is 17.6 Å². The van der Waals surface area contributed by atoms with E-state index in [1.54, 1.807) is 39.8 Å². The summed E-state index contributed by atoms with van der Waals surface area (Å²) in [5.74, 6) is -3.70. The Morgan fingerprint density at radius 1 is 1.24 bits per heavy atom. The van der Waals surface area contributed by atoms with E-state index in [9.17, 15) is 19.2 Å². The highest BCUT2D eigenvalue weighted by atomic mass is 35.5. The van der Waals surface area contributed by atoms with Gasteiger partial charge in [0.15, 0.2) is 0 Å². The van der Waals surface area contributed by atoms with Crippen LogP contribution in [0.25, 0.3) is 0 Å². The minimum atomic E-state index is -1.46. The summed E-state index contributed by atoms with van der Waals surface area (Å²) in [5.41, 5.74) is 4.96. The van der Waals surface area contributed by atoms with Crippen molar-refractivity contribution in [1.29, 1.82) is 0 Å². The van der Waals surface area contributed by atoms with E-state index in [0.717, 1.165) is 0 Å². The average molecular weight is 419 g/mol. The largest absolute Gasteiger partial charge is 0.370 e. The number of benzene rings is 1. The van der Waals surface area contributed by atoms with Crippen LogP contribution in [0.1, 0.15) is 38.3 Å². The number of likely N-dealkylation sites (tertiary alicyclic amines) is 1. The number of imide groups is 1. The summed E-state index contributed by atoms with van der Waals surface area (Å²) < 4.78 is 0. The first-order valence-corrected chi connectivity index (χ1v) is 9.84. The minimum absolute atomic E-state index is 0.158. The first-order chi connectivity index (χ1) is 13.4. The number of rotatable bonds is 2. The maximum atomic E-state index is 13.5. The van der Waals surface area contributed by atoms with Crippen molar-refractivity contribution in [3.8, 4) is 0 Å². The number of anilines is 1. The Hall–Kier alpha value is -2.45. The molecule has 0 bridgehead atoms. The molecule has 1 spiro atoms. The third-order valence-electron chi connectivity index (χ3n) is 6.18. The highest BCUT2D eigenvalue weighted by Crippen LogP contribution is 2.55. The molecule has 1 aromatic rings. The molecule has 4 N–H and O–H groups in total. The molecule has 0 aromatic heterocycles. The monoisotopic (exact) mass is 418 g/mol. The standard InChI is InChI=1S/C20H23ClN4O4/c1-8-10(21)6-5-9-15(8)23-18(29)20(9)14-13(11(24-20)7-12(22)26)16(27)25(17(14)28)19(2,3)4/h5-6,11,13-14,24H,7H2,1-4H3,(H2,22,26)(H,23,29). The number of halogens is 1. The number of carbonyl (C=O) groups is 4. The molecule has 2 fully saturated rings. The minimum Gasteiger partial charge on any atom is -0.370 e. The van der Waals surface area contributed by atoms with Gasteiger partial charge in [0.25, 0.3) is 0 Å². The zero-order chi connectivity index (χ0) is 21.5. The molecule has 0 radical (unpaired) electrons. The lowest BCUT2D eigenvalue weighted by atomic mass is 9.76. The third-order valence-corrected chi connectivity index (χ3v) is 6.59. The van der Waals surface area contributed by atoms with E-state index in [0.29, 0.717) is 21.8 Å². The third kappa shape index (κ3) is 2.48. The number of fused-ring (bicyclic) bond motifs is 4. The maximum Gasteiger partial charge on any atom is 0.250 e. The fourth-order valence-corrected chi connectivity index (χ4v) is 5.20. The molecule has 9 heteroatoms. The second-order valence-electron chi connectivity index (χ2n) is 8.96. The number of primary amides is 1. The number of hydrogen-bond donors (Lipinski definition) is 3. The van der Waals surface area contributed by atoms with Gasteiger partial charge in [0.05, 0.1) is 17.5 Å². The molecule has 4 unspecified atom stereocenters. The van der Waals surface area contributed by atoms with Crippen molar-refractivity contribution in [3.63, 3.8) is 0 Å².